The fraction of sp³-hybridized carbons (Fsp3) is 0.182. The maximum atomic E-state index is 5.94. The normalized spacial score (nSPS) is 14.7. The van der Waals surface area contributed by atoms with Crippen LogP contribution in [0.2, 0.25) is 10.0 Å². The number of hydrogen-bond donors (Lipinski definition) is 1. The molecule has 0 aliphatic carbocycles. The highest BCUT2D eigenvalue weighted by atomic mass is 35.5. The first-order chi connectivity index (χ1) is 7.06. The number of nitrogens with zero attached hydrogens (tertiary/aromatic N) is 1. The zero-order valence-electron chi connectivity index (χ0n) is 8.44. The van der Waals surface area contributed by atoms with Crippen LogP contribution in [0.3, 0.4) is 0 Å². The SMILES string of the molecule is CC1=CC(C)=Nc2cc(Cl)c(Cl)cc2N1. The van der Waals surface area contributed by atoms with Crippen molar-refractivity contribution in [3.05, 3.63) is 34.0 Å². The van der Waals surface area contributed by atoms with Gasteiger partial charge in [-0.3, -0.25) is 4.99 Å². The van der Waals surface area contributed by atoms with Crippen LogP contribution in [0.5, 0.6) is 0 Å². The van der Waals surface area contributed by atoms with E-state index in [1.54, 1.807) is 12.1 Å². The predicted octanol–water partition coefficient (Wildman–Crippen LogP) is 4.42. The molecule has 4 heteroatoms. The quantitative estimate of drug-likeness (QED) is 0.714. The van der Waals surface area contributed by atoms with E-state index in [9.17, 15) is 0 Å². The number of fused-ring (bicyclic) bond motifs is 1. The Morgan fingerprint density at radius 1 is 1.13 bits per heavy atom. The number of anilines is 1. The fourth-order valence-electron chi connectivity index (χ4n) is 1.51. The van der Waals surface area contributed by atoms with E-state index < -0.39 is 0 Å². The number of hydrogen-bond acceptors (Lipinski definition) is 2. The van der Waals surface area contributed by atoms with Crippen LogP contribution in [-0.4, -0.2) is 5.71 Å². The van der Waals surface area contributed by atoms with Crippen molar-refractivity contribution in [2.75, 3.05) is 5.32 Å². The third-order valence-electron chi connectivity index (χ3n) is 2.09. The first kappa shape index (κ1) is 10.5. The highest BCUT2D eigenvalue weighted by Crippen LogP contribution is 2.36. The summed E-state index contributed by atoms with van der Waals surface area (Å²) in [6.07, 6.45) is 1.97. The highest BCUT2D eigenvalue weighted by molar-refractivity contribution is 6.42. The van der Waals surface area contributed by atoms with Gasteiger partial charge in [0.1, 0.15) is 0 Å². The topological polar surface area (TPSA) is 24.4 Å². The summed E-state index contributed by atoms with van der Waals surface area (Å²) >= 11 is 11.9. The van der Waals surface area contributed by atoms with Crippen molar-refractivity contribution in [2.45, 2.75) is 13.8 Å². The third kappa shape index (κ3) is 2.16. The summed E-state index contributed by atoms with van der Waals surface area (Å²) in [5, 5.41) is 4.28. The number of halogens is 2. The predicted molar refractivity (Wildman–Crippen MR) is 66.6 cm³/mol. The van der Waals surface area contributed by atoms with Gasteiger partial charge in [0.15, 0.2) is 0 Å². The van der Waals surface area contributed by atoms with E-state index in [0.29, 0.717) is 10.0 Å². The van der Waals surface area contributed by atoms with Gasteiger partial charge in [0.2, 0.25) is 0 Å². The minimum atomic E-state index is 0.522. The van der Waals surface area contributed by atoms with Crippen LogP contribution in [0.15, 0.2) is 28.9 Å². The van der Waals surface area contributed by atoms with Crippen molar-refractivity contribution < 1.29 is 0 Å². The van der Waals surface area contributed by atoms with Gasteiger partial charge in [0.25, 0.3) is 0 Å². The van der Waals surface area contributed by atoms with Gasteiger partial charge in [-0.25, -0.2) is 0 Å². The van der Waals surface area contributed by atoms with Crippen LogP contribution in [-0.2, 0) is 0 Å². The Bertz CT molecular complexity index is 476. The Hall–Kier alpha value is -0.990. The molecule has 2 rings (SSSR count). The van der Waals surface area contributed by atoms with E-state index in [-0.39, 0.29) is 0 Å². The maximum Gasteiger partial charge on any atom is 0.0883 e. The Morgan fingerprint density at radius 3 is 2.53 bits per heavy atom. The molecule has 1 aliphatic rings. The molecule has 0 saturated heterocycles. The van der Waals surface area contributed by atoms with Crippen LogP contribution in [0, 0.1) is 0 Å². The second-order valence-electron chi connectivity index (χ2n) is 3.49. The second kappa shape index (κ2) is 3.87. The van der Waals surface area contributed by atoms with Gasteiger partial charge in [0.05, 0.1) is 21.4 Å². The molecule has 1 aromatic rings. The monoisotopic (exact) mass is 240 g/mol. The van der Waals surface area contributed by atoms with Gasteiger partial charge >= 0.3 is 0 Å². The van der Waals surface area contributed by atoms with E-state index in [0.717, 1.165) is 22.8 Å². The molecular formula is C11H10Cl2N2. The Balaban J connectivity index is 2.60. The molecule has 0 radical (unpaired) electrons. The number of aliphatic imine (C=N–C) groups is 1. The summed E-state index contributed by atoms with van der Waals surface area (Å²) in [5.41, 5.74) is 3.68. The largest absolute Gasteiger partial charge is 0.357 e. The summed E-state index contributed by atoms with van der Waals surface area (Å²) in [4.78, 5) is 4.43. The number of benzene rings is 1. The molecule has 1 heterocycles. The lowest BCUT2D eigenvalue weighted by Gasteiger charge is -2.08. The molecule has 1 aromatic carbocycles. The van der Waals surface area contributed by atoms with Crippen LogP contribution in [0.25, 0.3) is 0 Å². The average Bonchev–Trinajstić information content (AvgIpc) is 2.24. The molecular weight excluding hydrogens is 231 g/mol. The van der Waals surface area contributed by atoms with Crippen LogP contribution < -0.4 is 5.32 Å². The molecule has 0 atom stereocenters. The Labute approximate surface area is 98.6 Å². The first-order valence-corrected chi connectivity index (χ1v) is 5.31. The molecule has 0 aromatic heterocycles. The summed E-state index contributed by atoms with van der Waals surface area (Å²) in [6.45, 7) is 3.93. The molecule has 1 N–H and O–H groups in total. The molecule has 0 bridgehead atoms. The van der Waals surface area contributed by atoms with Crippen molar-refractivity contribution in [1.29, 1.82) is 0 Å². The lowest BCUT2D eigenvalue weighted by Crippen LogP contribution is -1.95. The smallest absolute Gasteiger partial charge is 0.0883 e. The third-order valence-corrected chi connectivity index (χ3v) is 2.81. The summed E-state index contributed by atoms with van der Waals surface area (Å²) in [6, 6.07) is 3.56. The van der Waals surface area contributed by atoms with E-state index in [2.05, 4.69) is 10.3 Å². The van der Waals surface area contributed by atoms with Gasteiger partial charge in [-0.1, -0.05) is 23.2 Å². The summed E-state index contributed by atoms with van der Waals surface area (Å²) in [5.74, 6) is 0. The molecule has 0 spiro atoms. The average molecular weight is 241 g/mol. The summed E-state index contributed by atoms with van der Waals surface area (Å²) in [7, 11) is 0. The first-order valence-electron chi connectivity index (χ1n) is 4.56. The molecule has 78 valence electrons. The van der Waals surface area contributed by atoms with Crippen LogP contribution in [0.4, 0.5) is 11.4 Å². The zero-order chi connectivity index (χ0) is 11.0. The zero-order valence-corrected chi connectivity index (χ0v) is 9.95. The molecule has 0 saturated carbocycles. The lowest BCUT2D eigenvalue weighted by molar-refractivity contribution is 1.39. The van der Waals surface area contributed by atoms with Crippen LogP contribution in [0.1, 0.15) is 13.8 Å². The molecule has 0 fully saturated rings. The van der Waals surface area contributed by atoms with E-state index >= 15 is 0 Å². The second-order valence-corrected chi connectivity index (χ2v) is 4.30. The van der Waals surface area contributed by atoms with E-state index in [1.807, 2.05) is 19.9 Å². The van der Waals surface area contributed by atoms with Crippen LogP contribution >= 0.6 is 23.2 Å². The minimum absolute atomic E-state index is 0.522. The maximum absolute atomic E-state index is 5.94. The van der Waals surface area contributed by atoms with Crippen molar-refractivity contribution in [2.24, 2.45) is 4.99 Å². The molecule has 15 heavy (non-hydrogen) atoms. The van der Waals surface area contributed by atoms with Crippen molar-refractivity contribution >= 4 is 40.3 Å². The molecule has 0 unspecified atom stereocenters. The van der Waals surface area contributed by atoms with Gasteiger partial charge in [-0.15, -0.1) is 0 Å². The molecule has 0 amide bonds. The highest BCUT2D eigenvalue weighted by Gasteiger charge is 2.09. The van der Waals surface area contributed by atoms with E-state index in [4.69, 9.17) is 23.2 Å². The van der Waals surface area contributed by atoms with Crippen molar-refractivity contribution in [3.8, 4) is 0 Å². The van der Waals surface area contributed by atoms with E-state index in [1.165, 1.54) is 0 Å². The fourth-order valence-corrected chi connectivity index (χ4v) is 1.83. The molecule has 1 aliphatic heterocycles. The van der Waals surface area contributed by atoms with Crippen molar-refractivity contribution in [3.63, 3.8) is 0 Å². The number of allylic oxidation sites excluding steroid dienone is 2. The number of rotatable bonds is 0. The summed E-state index contributed by atoms with van der Waals surface area (Å²) < 4.78 is 0. The number of nitrogens with one attached hydrogen (secondary N) is 1. The Kier molecular flexibility index (Phi) is 2.72. The Morgan fingerprint density at radius 2 is 1.80 bits per heavy atom. The standard InChI is InChI=1S/C11H10Cl2N2/c1-6-3-7(2)15-11-5-9(13)8(12)4-10(11)14-6/h3-5,14H,1-2H3. The van der Waals surface area contributed by atoms with Gasteiger partial charge < -0.3 is 5.32 Å². The van der Waals surface area contributed by atoms with Crippen molar-refractivity contribution in [1.82, 2.24) is 0 Å². The van der Waals surface area contributed by atoms with Gasteiger partial charge in [0, 0.05) is 11.4 Å². The van der Waals surface area contributed by atoms with Gasteiger partial charge in [-0.2, -0.15) is 0 Å². The van der Waals surface area contributed by atoms with Gasteiger partial charge in [-0.05, 0) is 32.1 Å². The minimum Gasteiger partial charge on any atom is -0.357 e. The molecule has 2 nitrogen and oxygen atoms in total. The lowest BCUT2D eigenvalue weighted by atomic mass is 10.2.